The summed E-state index contributed by atoms with van der Waals surface area (Å²) < 4.78 is 2.30. The number of para-hydroxylation sites is 2. The molecule has 1 aliphatic carbocycles. The lowest BCUT2D eigenvalue weighted by atomic mass is 10.0. The lowest BCUT2D eigenvalue weighted by molar-refractivity contribution is 0.906. The molecule has 2 nitrogen and oxygen atoms in total. The SMILES string of the molecule is C1=Cc2ccc3nc4ccccc4n3c2CC1. The molecule has 82 valence electrons. The van der Waals surface area contributed by atoms with Crippen LogP contribution in [0.25, 0.3) is 22.8 Å². The first-order valence-corrected chi connectivity index (χ1v) is 5.99. The van der Waals surface area contributed by atoms with Crippen molar-refractivity contribution in [2.75, 3.05) is 0 Å². The Labute approximate surface area is 99.2 Å². The van der Waals surface area contributed by atoms with Crippen molar-refractivity contribution in [1.29, 1.82) is 0 Å². The lowest BCUT2D eigenvalue weighted by Crippen LogP contribution is -2.02. The van der Waals surface area contributed by atoms with Crippen molar-refractivity contribution in [2.45, 2.75) is 12.8 Å². The highest BCUT2D eigenvalue weighted by molar-refractivity contribution is 5.81. The molecule has 0 aliphatic heterocycles. The summed E-state index contributed by atoms with van der Waals surface area (Å²) in [6.45, 7) is 0. The smallest absolute Gasteiger partial charge is 0.138 e. The third-order valence-electron chi connectivity index (χ3n) is 3.45. The monoisotopic (exact) mass is 220 g/mol. The molecule has 0 saturated heterocycles. The molecule has 0 amide bonds. The molecule has 2 heterocycles. The molecule has 1 aromatic carbocycles. The third kappa shape index (κ3) is 1.18. The van der Waals surface area contributed by atoms with Gasteiger partial charge in [0.05, 0.1) is 11.0 Å². The minimum atomic E-state index is 1.06. The molecule has 0 N–H and O–H groups in total. The van der Waals surface area contributed by atoms with Crippen LogP contribution in [-0.2, 0) is 6.42 Å². The molecule has 0 atom stereocenters. The third-order valence-corrected chi connectivity index (χ3v) is 3.45. The zero-order chi connectivity index (χ0) is 11.2. The zero-order valence-electron chi connectivity index (χ0n) is 9.43. The van der Waals surface area contributed by atoms with Gasteiger partial charge in [-0.25, -0.2) is 4.98 Å². The molecule has 2 aromatic heterocycles. The Morgan fingerprint density at radius 1 is 1.06 bits per heavy atom. The molecule has 3 aromatic rings. The molecular weight excluding hydrogens is 208 g/mol. The van der Waals surface area contributed by atoms with E-state index in [1.54, 1.807) is 0 Å². The molecule has 0 unspecified atom stereocenters. The average molecular weight is 220 g/mol. The van der Waals surface area contributed by atoms with Crippen LogP contribution in [0, 0.1) is 0 Å². The molecule has 0 spiro atoms. The fourth-order valence-corrected chi connectivity index (χ4v) is 2.67. The molecule has 17 heavy (non-hydrogen) atoms. The molecule has 4 rings (SSSR count). The Balaban J connectivity index is 2.24. The molecule has 0 saturated carbocycles. The van der Waals surface area contributed by atoms with Gasteiger partial charge in [0.1, 0.15) is 5.65 Å². The van der Waals surface area contributed by atoms with Gasteiger partial charge in [0.2, 0.25) is 0 Å². The van der Waals surface area contributed by atoms with Crippen LogP contribution < -0.4 is 0 Å². The van der Waals surface area contributed by atoms with E-state index in [9.17, 15) is 0 Å². The van der Waals surface area contributed by atoms with Crippen molar-refractivity contribution in [3.8, 4) is 0 Å². The van der Waals surface area contributed by atoms with Crippen LogP contribution in [0.3, 0.4) is 0 Å². The molecule has 2 heteroatoms. The van der Waals surface area contributed by atoms with Gasteiger partial charge in [-0.3, -0.25) is 4.40 Å². The predicted octanol–water partition coefficient (Wildman–Crippen LogP) is 3.45. The summed E-state index contributed by atoms with van der Waals surface area (Å²) in [5.41, 5.74) is 6.07. The Morgan fingerprint density at radius 2 is 2.00 bits per heavy atom. The summed E-state index contributed by atoms with van der Waals surface area (Å²) in [5.74, 6) is 0. The van der Waals surface area contributed by atoms with Crippen molar-refractivity contribution in [3.05, 3.63) is 53.7 Å². The van der Waals surface area contributed by atoms with E-state index in [2.05, 4.69) is 51.9 Å². The van der Waals surface area contributed by atoms with Gasteiger partial charge in [-0.1, -0.05) is 24.3 Å². The molecule has 0 bridgehead atoms. The molecule has 0 fully saturated rings. The van der Waals surface area contributed by atoms with E-state index in [1.165, 1.54) is 16.8 Å². The highest BCUT2D eigenvalue weighted by Gasteiger charge is 2.12. The number of rotatable bonds is 0. The van der Waals surface area contributed by atoms with Gasteiger partial charge >= 0.3 is 0 Å². The highest BCUT2D eigenvalue weighted by Crippen LogP contribution is 2.25. The first-order valence-electron chi connectivity index (χ1n) is 5.99. The Bertz CT molecular complexity index is 750. The number of hydrogen-bond acceptors (Lipinski definition) is 1. The Morgan fingerprint density at radius 3 is 3.00 bits per heavy atom. The van der Waals surface area contributed by atoms with E-state index in [4.69, 9.17) is 0 Å². The minimum Gasteiger partial charge on any atom is -0.296 e. The number of benzene rings is 1. The van der Waals surface area contributed by atoms with Crippen LogP contribution in [0.1, 0.15) is 17.7 Å². The van der Waals surface area contributed by atoms with E-state index in [0.717, 1.165) is 24.0 Å². The molecule has 1 aliphatic rings. The lowest BCUT2D eigenvalue weighted by Gasteiger charge is -2.13. The largest absolute Gasteiger partial charge is 0.296 e. The maximum Gasteiger partial charge on any atom is 0.138 e. The van der Waals surface area contributed by atoms with Gasteiger partial charge in [0.15, 0.2) is 0 Å². The normalized spacial score (nSPS) is 14.4. The minimum absolute atomic E-state index is 1.06. The van der Waals surface area contributed by atoms with E-state index in [-0.39, 0.29) is 0 Å². The van der Waals surface area contributed by atoms with Crippen LogP contribution >= 0.6 is 0 Å². The van der Waals surface area contributed by atoms with Crippen LogP contribution in [0.4, 0.5) is 0 Å². The summed E-state index contributed by atoms with van der Waals surface area (Å²) in [6.07, 6.45) is 6.68. The van der Waals surface area contributed by atoms with Gasteiger partial charge < -0.3 is 0 Å². The summed E-state index contributed by atoms with van der Waals surface area (Å²) in [4.78, 5) is 4.66. The zero-order valence-corrected chi connectivity index (χ0v) is 9.43. The van der Waals surface area contributed by atoms with Crippen molar-refractivity contribution < 1.29 is 0 Å². The van der Waals surface area contributed by atoms with Gasteiger partial charge in [-0.15, -0.1) is 0 Å². The number of aryl methyl sites for hydroxylation is 1. The van der Waals surface area contributed by atoms with Crippen molar-refractivity contribution in [1.82, 2.24) is 9.38 Å². The fourth-order valence-electron chi connectivity index (χ4n) is 2.67. The van der Waals surface area contributed by atoms with Crippen LogP contribution in [0.2, 0.25) is 0 Å². The number of nitrogens with zero attached hydrogens (tertiary/aromatic N) is 2. The predicted molar refractivity (Wildman–Crippen MR) is 70.1 cm³/mol. The molecule has 0 radical (unpaired) electrons. The maximum atomic E-state index is 4.66. The quantitative estimate of drug-likeness (QED) is 0.567. The number of hydrogen-bond donors (Lipinski definition) is 0. The first kappa shape index (κ1) is 8.99. The average Bonchev–Trinajstić information content (AvgIpc) is 2.77. The highest BCUT2D eigenvalue weighted by atomic mass is 15.0. The van der Waals surface area contributed by atoms with E-state index in [0.29, 0.717) is 0 Å². The second-order valence-corrected chi connectivity index (χ2v) is 4.47. The van der Waals surface area contributed by atoms with Crippen molar-refractivity contribution in [2.24, 2.45) is 0 Å². The summed E-state index contributed by atoms with van der Waals surface area (Å²) in [6, 6.07) is 12.6. The van der Waals surface area contributed by atoms with Gasteiger partial charge in [-0.2, -0.15) is 0 Å². The van der Waals surface area contributed by atoms with Gasteiger partial charge in [0.25, 0.3) is 0 Å². The number of allylic oxidation sites excluding steroid dienone is 1. The maximum absolute atomic E-state index is 4.66. The second kappa shape index (κ2) is 3.20. The summed E-state index contributed by atoms with van der Waals surface area (Å²) >= 11 is 0. The van der Waals surface area contributed by atoms with Crippen molar-refractivity contribution >= 4 is 22.8 Å². The van der Waals surface area contributed by atoms with Crippen LogP contribution in [0.15, 0.2) is 42.5 Å². The second-order valence-electron chi connectivity index (χ2n) is 4.47. The number of aromatic nitrogens is 2. The Hall–Kier alpha value is -2.09. The summed E-state index contributed by atoms with van der Waals surface area (Å²) in [5, 5.41) is 0. The van der Waals surface area contributed by atoms with Crippen LogP contribution in [0.5, 0.6) is 0 Å². The standard InChI is InChI=1S/C15H12N2/c1-3-7-13-11(5-1)9-10-15-16-12-6-2-4-8-14(12)17(13)15/h1-2,4-6,8-10H,3,7H2. The van der Waals surface area contributed by atoms with Gasteiger partial charge in [-0.05, 0) is 42.7 Å². The number of pyridine rings is 1. The van der Waals surface area contributed by atoms with Crippen molar-refractivity contribution in [3.63, 3.8) is 0 Å². The van der Waals surface area contributed by atoms with Crippen LogP contribution in [-0.4, -0.2) is 9.38 Å². The van der Waals surface area contributed by atoms with E-state index >= 15 is 0 Å². The van der Waals surface area contributed by atoms with Gasteiger partial charge in [0, 0.05) is 5.69 Å². The van der Waals surface area contributed by atoms with E-state index in [1.807, 2.05) is 6.07 Å². The summed E-state index contributed by atoms with van der Waals surface area (Å²) in [7, 11) is 0. The fraction of sp³-hybridized carbons (Fsp3) is 0.133. The Kier molecular flexibility index (Phi) is 1.69. The first-order chi connectivity index (χ1) is 8.43. The van der Waals surface area contributed by atoms with E-state index < -0.39 is 0 Å². The number of imidazole rings is 1. The molecular formula is C15H12N2. The topological polar surface area (TPSA) is 17.3 Å². The number of fused-ring (bicyclic) bond motifs is 5.